The molecule has 0 aliphatic heterocycles. The van der Waals surface area contributed by atoms with Gasteiger partial charge >= 0.3 is 0 Å². The average Bonchev–Trinajstić information content (AvgIpc) is 2.65. The van der Waals surface area contributed by atoms with E-state index in [1.165, 1.54) is 25.7 Å². The van der Waals surface area contributed by atoms with Crippen LogP contribution in [0.5, 0.6) is 0 Å². The lowest BCUT2D eigenvalue weighted by atomic mass is 10.2. The minimum Gasteiger partial charge on any atom is -0.396 e. The van der Waals surface area contributed by atoms with Crippen LogP contribution >= 0.6 is 11.8 Å². The Morgan fingerprint density at radius 1 is 1.29 bits per heavy atom. The molecule has 0 saturated heterocycles. The number of aliphatic hydroxyl groups excluding tert-OH is 1. The number of unbranched alkanes of at least 4 members (excludes halogenated alkanes) is 2. The zero-order valence-electron chi connectivity index (χ0n) is 9.17. The van der Waals surface area contributed by atoms with E-state index in [4.69, 9.17) is 5.11 Å². The molecule has 1 aliphatic rings. The van der Waals surface area contributed by atoms with Gasteiger partial charge in [-0.3, -0.25) is 0 Å². The van der Waals surface area contributed by atoms with Gasteiger partial charge in [0.1, 0.15) is 0 Å². The van der Waals surface area contributed by atoms with Crippen LogP contribution in [0.25, 0.3) is 0 Å². The van der Waals surface area contributed by atoms with Crippen molar-refractivity contribution in [3.8, 4) is 0 Å². The minimum atomic E-state index is 0.344. The molecule has 3 heteroatoms. The molecule has 0 radical (unpaired) electrons. The molecule has 0 aromatic carbocycles. The van der Waals surface area contributed by atoms with Crippen molar-refractivity contribution in [3.63, 3.8) is 0 Å². The molecule has 0 aromatic heterocycles. The van der Waals surface area contributed by atoms with E-state index in [1.807, 2.05) is 11.8 Å². The van der Waals surface area contributed by atoms with Crippen LogP contribution in [0, 0.1) is 0 Å². The van der Waals surface area contributed by atoms with Crippen molar-refractivity contribution in [3.05, 3.63) is 0 Å². The van der Waals surface area contributed by atoms with Gasteiger partial charge in [0.05, 0.1) is 0 Å². The fraction of sp³-hybridized carbons (Fsp3) is 1.00. The molecule has 1 aliphatic carbocycles. The van der Waals surface area contributed by atoms with Crippen LogP contribution in [0.2, 0.25) is 0 Å². The van der Waals surface area contributed by atoms with Crippen molar-refractivity contribution in [1.82, 2.24) is 5.32 Å². The molecular formula is C11H23NOS. The molecule has 2 N–H and O–H groups in total. The third-order valence-corrected chi connectivity index (χ3v) is 4.17. The summed E-state index contributed by atoms with van der Waals surface area (Å²) in [6.45, 7) is 1.47. The summed E-state index contributed by atoms with van der Waals surface area (Å²) in [6, 6.07) is 0.749. The summed E-state index contributed by atoms with van der Waals surface area (Å²) in [5, 5.41) is 13.1. The normalized spacial score (nSPS) is 27.0. The van der Waals surface area contributed by atoms with Crippen molar-refractivity contribution in [2.24, 2.45) is 0 Å². The first-order valence-electron chi connectivity index (χ1n) is 5.75. The predicted molar refractivity (Wildman–Crippen MR) is 63.9 cm³/mol. The van der Waals surface area contributed by atoms with Gasteiger partial charge in [-0.05, 0) is 44.9 Å². The Bertz CT molecular complexity index is 143. The van der Waals surface area contributed by atoms with E-state index >= 15 is 0 Å². The lowest BCUT2D eigenvalue weighted by Gasteiger charge is -2.18. The number of aliphatic hydroxyl groups is 1. The highest BCUT2D eigenvalue weighted by Gasteiger charge is 2.25. The second kappa shape index (κ2) is 7.55. The van der Waals surface area contributed by atoms with Gasteiger partial charge in [0.15, 0.2) is 0 Å². The Labute approximate surface area is 91.9 Å². The van der Waals surface area contributed by atoms with Crippen LogP contribution in [0.1, 0.15) is 38.5 Å². The molecule has 84 valence electrons. The van der Waals surface area contributed by atoms with Gasteiger partial charge in [-0.1, -0.05) is 6.42 Å². The maximum atomic E-state index is 8.63. The van der Waals surface area contributed by atoms with E-state index in [1.54, 1.807) is 0 Å². The summed E-state index contributed by atoms with van der Waals surface area (Å²) in [5.74, 6) is 0. The van der Waals surface area contributed by atoms with Crippen LogP contribution in [0.3, 0.4) is 0 Å². The van der Waals surface area contributed by atoms with E-state index < -0.39 is 0 Å². The Kier molecular flexibility index (Phi) is 6.65. The van der Waals surface area contributed by atoms with Gasteiger partial charge in [-0.15, -0.1) is 0 Å². The van der Waals surface area contributed by atoms with Gasteiger partial charge in [0.25, 0.3) is 0 Å². The number of rotatable bonds is 7. The van der Waals surface area contributed by atoms with Crippen molar-refractivity contribution < 1.29 is 5.11 Å². The highest BCUT2D eigenvalue weighted by atomic mass is 32.2. The zero-order chi connectivity index (χ0) is 10.2. The third kappa shape index (κ3) is 4.20. The van der Waals surface area contributed by atoms with E-state index in [0.717, 1.165) is 30.7 Å². The highest BCUT2D eigenvalue weighted by Crippen LogP contribution is 2.28. The number of hydrogen-bond donors (Lipinski definition) is 2. The largest absolute Gasteiger partial charge is 0.396 e. The van der Waals surface area contributed by atoms with Gasteiger partial charge < -0.3 is 10.4 Å². The fourth-order valence-electron chi connectivity index (χ4n) is 2.14. The van der Waals surface area contributed by atoms with Crippen molar-refractivity contribution >= 4 is 11.8 Å². The van der Waals surface area contributed by atoms with Crippen molar-refractivity contribution in [2.75, 3.05) is 19.4 Å². The van der Waals surface area contributed by atoms with Crippen LogP contribution in [-0.2, 0) is 0 Å². The molecule has 1 rings (SSSR count). The molecular weight excluding hydrogens is 194 g/mol. The first-order valence-corrected chi connectivity index (χ1v) is 7.04. The number of hydrogen-bond acceptors (Lipinski definition) is 3. The third-order valence-electron chi connectivity index (χ3n) is 3.00. The topological polar surface area (TPSA) is 32.3 Å². The molecule has 2 unspecified atom stereocenters. The monoisotopic (exact) mass is 217 g/mol. The molecule has 0 amide bonds. The molecule has 0 heterocycles. The first-order chi connectivity index (χ1) is 6.88. The quantitative estimate of drug-likeness (QED) is 0.640. The highest BCUT2D eigenvalue weighted by molar-refractivity contribution is 7.99. The second-order valence-electron chi connectivity index (χ2n) is 4.05. The Balaban J connectivity index is 2.00. The van der Waals surface area contributed by atoms with Gasteiger partial charge in [0, 0.05) is 17.9 Å². The van der Waals surface area contributed by atoms with Crippen LogP contribution < -0.4 is 5.32 Å². The van der Waals surface area contributed by atoms with E-state index in [0.29, 0.717) is 6.61 Å². The van der Waals surface area contributed by atoms with Gasteiger partial charge in [0.2, 0.25) is 0 Å². The lowest BCUT2D eigenvalue weighted by molar-refractivity contribution is 0.282. The van der Waals surface area contributed by atoms with Gasteiger partial charge in [-0.25, -0.2) is 0 Å². The molecule has 1 saturated carbocycles. The average molecular weight is 217 g/mol. The Morgan fingerprint density at radius 3 is 2.86 bits per heavy atom. The van der Waals surface area contributed by atoms with Crippen LogP contribution in [0.4, 0.5) is 0 Å². The molecule has 1 fully saturated rings. The molecule has 0 spiro atoms. The maximum Gasteiger partial charge on any atom is 0.0431 e. The number of nitrogens with one attached hydrogen (secondary N) is 1. The number of thioether (sulfide) groups is 1. The van der Waals surface area contributed by atoms with E-state index in [2.05, 4.69) is 11.6 Å². The van der Waals surface area contributed by atoms with E-state index in [9.17, 15) is 0 Å². The zero-order valence-corrected chi connectivity index (χ0v) is 9.98. The minimum absolute atomic E-state index is 0.344. The lowest BCUT2D eigenvalue weighted by Crippen LogP contribution is -2.34. The SMILES string of the molecule is CSC1CCCC1NCCCCCO. The summed E-state index contributed by atoms with van der Waals surface area (Å²) < 4.78 is 0. The summed E-state index contributed by atoms with van der Waals surface area (Å²) >= 11 is 2.01. The predicted octanol–water partition coefficient (Wildman–Crippen LogP) is 2.02. The molecule has 0 aromatic rings. The standard InChI is InChI=1S/C11H23NOS/c1-14-11-7-5-6-10(11)12-8-3-2-4-9-13/h10-13H,2-9H2,1H3. The molecule has 0 bridgehead atoms. The van der Waals surface area contributed by atoms with Crippen LogP contribution in [-0.4, -0.2) is 35.8 Å². The first kappa shape index (κ1) is 12.3. The summed E-state index contributed by atoms with van der Waals surface area (Å²) in [6.07, 6.45) is 9.66. The summed E-state index contributed by atoms with van der Waals surface area (Å²) in [4.78, 5) is 0. The molecule has 2 nitrogen and oxygen atoms in total. The van der Waals surface area contributed by atoms with E-state index in [-0.39, 0.29) is 0 Å². The van der Waals surface area contributed by atoms with Crippen LogP contribution in [0.15, 0.2) is 0 Å². The Morgan fingerprint density at radius 2 is 2.14 bits per heavy atom. The van der Waals surface area contributed by atoms with Gasteiger partial charge in [-0.2, -0.15) is 11.8 Å². The summed E-state index contributed by atoms with van der Waals surface area (Å²) in [7, 11) is 0. The van der Waals surface area contributed by atoms with Crippen molar-refractivity contribution in [1.29, 1.82) is 0 Å². The molecule has 14 heavy (non-hydrogen) atoms. The summed E-state index contributed by atoms with van der Waals surface area (Å²) in [5.41, 5.74) is 0. The second-order valence-corrected chi connectivity index (χ2v) is 5.13. The smallest absolute Gasteiger partial charge is 0.0431 e. The maximum absolute atomic E-state index is 8.63. The molecule has 2 atom stereocenters. The Hall–Kier alpha value is 0.270. The van der Waals surface area contributed by atoms with Crippen molar-refractivity contribution in [2.45, 2.75) is 49.8 Å². The fourth-order valence-corrected chi connectivity index (χ4v) is 3.11.